The van der Waals surface area contributed by atoms with Crippen LogP contribution in [0.3, 0.4) is 0 Å². The fourth-order valence-electron chi connectivity index (χ4n) is 2.04. The normalized spacial score (nSPS) is 13.3. The Morgan fingerprint density at radius 3 is 2.23 bits per heavy atom. The van der Waals surface area contributed by atoms with Crippen molar-refractivity contribution in [2.45, 2.75) is 32.9 Å². The van der Waals surface area contributed by atoms with Crippen LogP contribution in [0.4, 0.5) is 4.39 Å². The number of halogens is 1. The minimum atomic E-state index is -0.606. The van der Waals surface area contributed by atoms with Gasteiger partial charge in [-0.05, 0) is 50.6 Å². The number of carbonyl (C=O) groups is 1. The van der Waals surface area contributed by atoms with Gasteiger partial charge in [-0.15, -0.1) is 0 Å². The molecular formula is C18H20FNO2. The Labute approximate surface area is 130 Å². The van der Waals surface area contributed by atoms with Gasteiger partial charge in [-0.2, -0.15) is 0 Å². The van der Waals surface area contributed by atoms with Gasteiger partial charge in [-0.25, -0.2) is 4.39 Å². The van der Waals surface area contributed by atoms with Gasteiger partial charge in [-0.1, -0.05) is 29.8 Å². The number of benzene rings is 2. The molecule has 2 aromatic rings. The van der Waals surface area contributed by atoms with E-state index in [-0.39, 0.29) is 17.8 Å². The summed E-state index contributed by atoms with van der Waals surface area (Å²) in [5.41, 5.74) is 1.98. The van der Waals surface area contributed by atoms with Gasteiger partial charge in [0.1, 0.15) is 11.6 Å². The highest BCUT2D eigenvalue weighted by atomic mass is 19.1. The standard InChI is InChI=1S/C18H20FNO2/c1-12-4-10-17(11-5-12)22-14(3)18(21)20-13(2)15-6-8-16(19)9-7-15/h4-11,13-14H,1-3H3,(H,20,21)/t13-,14+/m0/s1. The number of rotatable bonds is 5. The van der Waals surface area contributed by atoms with Gasteiger partial charge in [0.15, 0.2) is 6.10 Å². The SMILES string of the molecule is Cc1ccc(O[C@H](C)C(=O)N[C@@H](C)c2ccc(F)cc2)cc1. The zero-order chi connectivity index (χ0) is 16.1. The maximum Gasteiger partial charge on any atom is 0.261 e. The average molecular weight is 301 g/mol. The third-order valence-electron chi connectivity index (χ3n) is 3.43. The molecule has 4 heteroatoms. The van der Waals surface area contributed by atoms with Crippen molar-refractivity contribution in [2.75, 3.05) is 0 Å². The van der Waals surface area contributed by atoms with Gasteiger partial charge >= 0.3 is 0 Å². The van der Waals surface area contributed by atoms with Crippen LogP contribution in [0.2, 0.25) is 0 Å². The monoisotopic (exact) mass is 301 g/mol. The van der Waals surface area contributed by atoms with Crippen LogP contribution in [0.15, 0.2) is 48.5 Å². The van der Waals surface area contributed by atoms with Crippen LogP contribution in [0.25, 0.3) is 0 Å². The molecule has 0 heterocycles. The number of hydrogen-bond donors (Lipinski definition) is 1. The largest absolute Gasteiger partial charge is 0.481 e. The molecule has 0 saturated carbocycles. The predicted molar refractivity (Wildman–Crippen MR) is 84.2 cm³/mol. The number of nitrogens with one attached hydrogen (secondary N) is 1. The highest BCUT2D eigenvalue weighted by molar-refractivity contribution is 5.81. The summed E-state index contributed by atoms with van der Waals surface area (Å²) in [5.74, 6) is 0.151. The Morgan fingerprint density at radius 1 is 1.05 bits per heavy atom. The molecular weight excluding hydrogens is 281 g/mol. The zero-order valence-corrected chi connectivity index (χ0v) is 13.0. The van der Waals surface area contributed by atoms with Gasteiger partial charge in [0.25, 0.3) is 5.91 Å². The van der Waals surface area contributed by atoms with E-state index in [1.54, 1.807) is 19.1 Å². The summed E-state index contributed by atoms with van der Waals surface area (Å²) in [4.78, 5) is 12.2. The molecule has 22 heavy (non-hydrogen) atoms. The summed E-state index contributed by atoms with van der Waals surface area (Å²) in [6.45, 7) is 5.54. The van der Waals surface area contributed by atoms with Crippen molar-refractivity contribution in [3.05, 3.63) is 65.5 Å². The molecule has 2 aromatic carbocycles. The van der Waals surface area contributed by atoms with E-state index in [9.17, 15) is 9.18 Å². The van der Waals surface area contributed by atoms with Crippen molar-refractivity contribution < 1.29 is 13.9 Å². The fraction of sp³-hybridized carbons (Fsp3) is 0.278. The molecule has 0 spiro atoms. The second kappa shape index (κ2) is 7.07. The van der Waals surface area contributed by atoms with Crippen molar-refractivity contribution in [1.82, 2.24) is 5.32 Å². The Bertz CT molecular complexity index is 623. The first-order chi connectivity index (χ1) is 10.5. The molecule has 0 saturated heterocycles. The molecule has 2 atom stereocenters. The van der Waals surface area contributed by atoms with Crippen LogP contribution < -0.4 is 10.1 Å². The van der Waals surface area contributed by atoms with E-state index in [0.29, 0.717) is 5.75 Å². The van der Waals surface area contributed by atoms with Crippen molar-refractivity contribution in [3.8, 4) is 5.75 Å². The maximum absolute atomic E-state index is 12.9. The second-order valence-electron chi connectivity index (χ2n) is 5.35. The first-order valence-corrected chi connectivity index (χ1v) is 7.25. The highest BCUT2D eigenvalue weighted by Gasteiger charge is 2.17. The summed E-state index contributed by atoms with van der Waals surface area (Å²) < 4.78 is 18.5. The van der Waals surface area contributed by atoms with Crippen LogP contribution in [0, 0.1) is 12.7 Å². The zero-order valence-electron chi connectivity index (χ0n) is 13.0. The number of hydrogen-bond acceptors (Lipinski definition) is 2. The van der Waals surface area contributed by atoms with E-state index in [0.717, 1.165) is 11.1 Å². The lowest BCUT2D eigenvalue weighted by molar-refractivity contribution is -0.127. The molecule has 2 rings (SSSR count). The maximum atomic E-state index is 12.9. The molecule has 0 bridgehead atoms. The minimum absolute atomic E-state index is 0.211. The summed E-state index contributed by atoms with van der Waals surface area (Å²) in [7, 11) is 0. The number of carbonyl (C=O) groups excluding carboxylic acids is 1. The molecule has 3 nitrogen and oxygen atoms in total. The van der Waals surface area contributed by atoms with E-state index in [4.69, 9.17) is 4.74 Å². The molecule has 1 amide bonds. The van der Waals surface area contributed by atoms with E-state index in [2.05, 4.69) is 5.32 Å². The van der Waals surface area contributed by atoms with Crippen molar-refractivity contribution in [2.24, 2.45) is 0 Å². The molecule has 116 valence electrons. The van der Waals surface area contributed by atoms with E-state index in [1.165, 1.54) is 12.1 Å². The first kappa shape index (κ1) is 16.0. The van der Waals surface area contributed by atoms with Crippen LogP contribution in [0.5, 0.6) is 5.75 Å². The molecule has 0 aliphatic heterocycles. The van der Waals surface area contributed by atoms with E-state index in [1.807, 2.05) is 38.1 Å². The highest BCUT2D eigenvalue weighted by Crippen LogP contribution is 2.15. The Morgan fingerprint density at radius 2 is 1.64 bits per heavy atom. The van der Waals surface area contributed by atoms with Crippen molar-refractivity contribution >= 4 is 5.91 Å². The Balaban J connectivity index is 1.93. The second-order valence-corrected chi connectivity index (χ2v) is 5.35. The smallest absolute Gasteiger partial charge is 0.261 e. The van der Waals surface area contributed by atoms with Crippen LogP contribution in [-0.4, -0.2) is 12.0 Å². The number of ether oxygens (including phenoxy) is 1. The van der Waals surface area contributed by atoms with Gasteiger partial charge in [0, 0.05) is 0 Å². The third kappa shape index (κ3) is 4.32. The molecule has 0 unspecified atom stereocenters. The van der Waals surface area contributed by atoms with Crippen LogP contribution in [0.1, 0.15) is 31.0 Å². The molecule has 0 aliphatic rings. The summed E-state index contributed by atoms with van der Waals surface area (Å²) in [5, 5.41) is 2.86. The van der Waals surface area contributed by atoms with E-state index < -0.39 is 6.10 Å². The van der Waals surface area contributed by atoms with Gasteiger partial charge < -0.3 is 10.1 Å². The molecule has 0 radical (unpaired) electrons. The molecule has 0 aliphatic carbocycles. The lowest BCUT2D eigenvalue weighted by atomic mass is 10.1. The lowest BCUT2D eigenvalue weighted by Crippen LogP contribution is -2.37. The van der Waals surface area contributed by atoms with Crippen LogP contribution in [-0.2, 0) is 4.79 Å². The van der Waals surface area contributed by atoms with Gasteiger partial charge in [0.2, 0.25) is 0 Å². The first-order valence-electron chi connectivity index (χ1n) is 7.25. The predicted octanol–water partition coefficient (Wildman–Crippen LogP) is 3.78. The van der Waals surface area contributed by atoms with E-state index >= 15 is 0 Å². The lowest BCUT2D eigenvalue weighted by Gasteiger charge is -2.19. The molecule has 1 N–H and O–H groups in total. The molecule has 0 aromatic heterocycles. The molecule has 0 fully saturated rings. The summed E-state index contributed by atoms with van der Waals surface area (Å²) in [6, 6.07) is 13.4. The summed E-state index contributed by atoms with van der Waals surface area (Å²) in [6.07, 6.45) is -0.606. The Hall–Kier alpha value is -2.36. The number of amides is 1. The van der Waals surface area contributed by atoms with Crippen molar-refractivity contribution in [3.63, 3.8) is 0 Å². The average Bonchev–Trinajstić information content (AvgIpc) is 2.50. The van der Waals surface area contributed by atoms with Crippen molar-refractivity contribution in [1.29, 1.82) is 0 Å². The fourth-order valence-corrected chi connectivity index (χ4v) is 2.04. The van der Waals surface area contributed by atoms with Gasteiger partial charge in [0.05, 0.1) is 6.04 Å². The minimum Gasteiger partial charge on any atom is -0.481 e. The Kier molecular flexibility index (Phi) is 5.15. The third-order valence-corrected chi connectivity index (χ3v) is 3.43. The topological polar surface area (TPSA) is 38.3 Å². The van der Waals surface area contributed by atoms with Crippen LogP contribution >= 0.6 is 0 Å². The number of aryl methyl sites for hydroxylation is 1. The quantitative estimate of drug-likeness (QED) is 0.912. The van der Waals surface area contributed by atoms with Gasteiger partial charge in [-0.3, -0.25) is 4.79 Å². The summed E-state index contributed by atoms with van der Waals surface area (Å²) >= 11 is 0.